The number of hydrogen-bond donors (Lipinski definition) is 0. The summed E-state index contributed by atoms with van der Waals surface area (Å²) in [6, 6.07) is 6.61. The van der Waals surface area contributed by atoms with Gasteiger partial charge >= 0.3 is 0 Å². The molecule has 0 aromatic heterocycles. The molecule has 0 heterocycles. The van der Waals surface area contributed by atoms with Crippen molar-refractivity contribution in [2.75, 3.05) is 6.61 Å². The van der Waals surface area contributed by atoms with Crippen LogP contribution >= 0.6 is 8.81 Å². The lowest BCUT2D eigenvalue weighted by Gasteiger charge is -2.05. The Balaban J connectivity index is 2.42. The summed E-state index contributed by atoms with van der Waals surface area (Å²) in [5, 5.41) is 1.32. The summed E-state index contributed by atoms with van der Waals surface area (Å²) in [7, 11) is 0.507. The number of aryl methyl sites for hydroxylation is 2. The molecule has 1 nitrogen and oxygen atoms in total. The van der Waals surface area contributed by atoms with E-state index < -0.39 is 0 Å². The van der Waals surface area contributed by atoms with Gasteiger partial charge in [0.25, 0.3) is 0 Å². The van der Waals surface area contributed by atoms with Crippen molar-refractivity contribution < 1.29 is 4.52 Å². The van der Waals surface area contributed by atoms with Gasteiger partial charge in [-0.3, -0.25) is 0 Å². The first-order valence-corrected chi connectivity index (χ1v) is 6.09. The van der Waals surface area contributed by atoms with Gasteiger partial charge in [0.15, 0.2) is 0 Å². The van der Waals surface area contributed by atoms with Crippen LogP contribution in [0.2, 0.25) is 0 Å². The van der Waals surface area contributed by atoms with Gasteiger partial charge in [0, 0.05) is 8.81 Å². The van der Waals surface area contributed by atoms with Crippen LogP contribution in [0.3, 0.4) is 0 Å². The average Bonchev–Trinajstić information content (AvgIpc) is 2.11. The lowest BCUT2D eigenvalue weighted by molar-refractivity contribution is 0.356. The molecule has 78 valence electrons. The second kappa shape index (κ2) is 6.16. The fourth-order valence-electron chi connectivity index (χ4n) is 1.38. The Hall–Kier alpha value is -0.390. The van der Waals surface area contributed by atoms with E-state index in [1.165, 1.54) is 22.9 Å². The van der Waals surface area contributed by atoms with E-state index >= 15 is 0 Å². The number of benzene rings is 1. The van der Waals surface area contributed by atoms with Crippen molar-refractivity contribution in [3.63, 3.8) is 0 Å². The number of hydrogen-bond acceptors (Lipinski definition) is 1. The zero-order valence-corrected chi connectivity index (χ0v) is 10.3. The summed E-state index contributed by atoms with van der Waals surface area (Å²) in [5.41, 5.74) is 2.65. The zero-order chi connectivity index (χ0) is 10.4. The minimum atomic E-state index is 0.507. The maximum Gasteiger partial charge on any atom is 0.0509 e. The molecule has 0 saturated heterocycles. The predicted octanol–water partition coefficient (Wildman–Crippen LogP) is 3.34. The summed E-state index contributed by atoms with van der Waals surface area (Å²) in [5.74, 6) is 0. The van der Waals surface area contributed by atoms with Crippen LogP contribution in [0.15, 0.2) is 18.2 Å². The van der Waals surface area contributed by atoms with Crippen LogP contribution in [0.5, 0.6) is 0 Å². The molecule has 0 N–H and O–H groups in total. The maximum atomic E-state index is 5.60. The third-order valence-electron chi connectivity index (χ3n) is 2.01. The van der Waals surface area contributed by atoms with Crippen molar-refractivity contribution in [1.82, 2.24) is 0 Å². The predicted molar refractivity (Wildman–Crippen MR) is 64.7 cm³/mol. The highest BCUT2D eigenvalue weighted by Crippen LogP contribution is 2.15. The monoisotopic (exact) mass is 210 g/mol. The molecule has 0 saturated carbocycles. The van der Waals surface area contributed by atoms with E-state index in [9.17, 15) is 0 Å². The van der Waals surface area contributed by atoms with Crippen molar-refractivity contribution >= 4 is 14.1 Å². The van der Waals surface area contributed by atoms with Gasteiger partial charge in [-0.2, -0.15) is 0 Å². The lowest BCUT2D eigenvalue weighted by Crippen LogP contribution is -1.98. The standard InChI is InChI=1S/C12H19OP/c1-4-5-6-13-14-12-8-10(2)7-11(3)9-12/h7-9,14H,4-6H2,1-3H3. The summed E-state index contributed by atoms with van der Waals surface area (Å²) < 4.78 is 5.60. The van der Waals surface area contributed by atoms with Gasteiger partial charge < -0.3 is 4.52 Å². The van der Waals surface area contributed by atoms with Crippen LogP contribution in [0.25, 0.3) is 0 Å². The van der Waals surface area contributed by atoms with Crippen molar-refractivity contribution in [2.24, 2.45) is 0 Å². The second-order valence-electron chi connectivity index (χ2n) is 3.68. The molecule has 0 bridgehead atoms. The first kappa shape index (κ1) is 11.7. The van der Waals surface area contributed by atoms with Crippen LogP contribution in [0.4, 0.5) is 0 Å². The third kappa shape index (κ3) is 4.21. The highest BCUT2D eigenvalue weighted by Gasteiger charge is 1.96. The molecular formula is C12H19OP. The SMILES string of the molecule is CCCCOPc1cc(C)cc(C)c1. The second-order valence-corrected chi connectivity index (χ2v) is 4.75. The number of rotatable bonds is 5. The normalized spacial score (nSPS) is 11.4. The molecule has 2 heteroatoms. The first-order chi connectivity index (χ1) is 6.72. The highest BCUT2D eigenvalue weighted by atomic mass is 31.1. The van der Waals surface area contributed by atoms with Gasteiger partial charge in [-0.25, -0.2) is 0 Å². The van der Waals surface area contributed by atoms with E-state index in [0.29, 0.717) is 8.81 Å². The summed E-state index contributed by atoms with van der Waals surface area (Å²) in [6.07, 6.45) is 2.37. The Bertz CT molecular complexity index is 263. The molecule has 1 rings (SSSR count). The highest BCUT2D eigenvalue weighted by molar-refractivity contribution is 7.41. The Kier molecular flexibility index (Phi) is 5.14. The van der Waals surface area contributed by atoms with E-state index in [2.05, 4.69) is 39.0 Å². The molecule has 1 aromatic rings. The van der Waals surface area contributed by atoms with Gasteiger partial charge in [0.1, 0.15) is 0 Å². The summed E-state index contributed by atoms with van der Waals surface area (Å²) in [4.78, 5) is 0. The Morgan fingerprint density at radius 3 is 2.36 bits per heavy atom. The molecule has 14 heavy (non-hydrogen) atoms. The van der Waals surface area contributed by atoms with Gasteiger partial charge in [-0.15, -0.1) is 0 Å². The first-order valence-electron chi connectivity index (χ1n) is 5.18. The fraction of sp³-hybridized carbons (Fsp3) is 0.500. The lowest BCUT2D eigenvalue weighted by atomic mass is 10.2. The maximum absolute atomic E-state index is 5.60. The molecule has 1 unspecified atom stereocenters. The van der Waals surface area contributed by atoms with Crippen molar-refractivity contribution in [3.8, 4) is 0 Å². The van der Waals surface area contributed by atoms with Gasteiger partial charge in [-0.1, -0.05) is 30.5 Å². The van der Waals surface area contributed by atoms with Crippen LogP contribution in [-0.2, 0) is 4.52 Å². The number of unbranched alkanes of at least 4 members (excludes halogenated alkanes) is 1. The molecule has 0 aliphatic rings. The largest absolute Gasteiger partial charge is 0.358 e. The molecule has 0 fully saturated rings. The molecular weight excluding hydrogens is 191 g/mol. The van der Waals surface area contributed by atoms with Gasteiger partial charge in [-0.05, 0) is 37.7 Å². The van der Waals surface area contributed by atoms with Crippen LogP contribution in [0, 0.1) is 13.8 Å². The third-order valence-corrected chi connectivity index (χ3v) is 2.88. The van der Waals surface area contributed by atoms with Crippen LogP contribution in [0.1, 0.15) is 30.9 Å². The zero-order valence-electron chi connectivity index (χ0n) is 9.26. The molecule has 0 spiro atoms. The Morgan fingerprint density at radius 1 is 1.14 bits per heavy atom. The fourth-order valence-corrected chi connectivity index (χ4v) is 2.37. The van der Waals surface area contributed by atoms with E-state index in [0.717, 1.165) is 13.0 Å². The van der Waals surface area contributed by atoms with Crippen molar-refractivity contribution in [2.45, 2.75) is 33.6 Å². The minimum Gasteiger partial charge on any atom is -0.358 e. The molecule has 0 aliphatic carbocycles. The summed E-state index contributed by atoms with van der Waals surface area (Å²) >= 11 is 0. The summed E-state index contributed by atoms with van der Waals surface area (Å²) in [6.45, 7) is 7.34. The molecule has 0 aliphatic heterocycles. The minimum absolute atomic E-state index is 0.507. The van der Waals surface area contributed by atoms with Gasteiger partial charge in [0.05, 0.1) is 6.61 Å². The van der Waals surface area contributed by atoms with E-state index in [4.69, 9.17) is 4.52 Å². The van der Waals surface area contributed by atoms with Gasteiger partial charge in [0.2, 0.25) is 0 Å². The molecule has 0 amide bonds. The van der Waals surface area contributed by atoms with Crippen molar-refractivity contribution in [3.05, 3.63) is 29.3 Å². The quantitative estimate of drug-likeness (QED) is 0.535. The van der Waals surface area contributed by atoms with Crippen LogP contribution < -0.4 is 5.30 Å². The smallest absolute Gasteiger partial charge is 0.0509 e. The molecule has 1 aromatic carbocycles. The average molecular weight is 210 g/mol. The van der Waals surface area contributed by atoms with Crippen molar-refractivity contribution in [1.29, 1.82) is 0 Å². The molecule has 1 atom stereocenters. The van der Waals surface area contributed by atoms with E-state index in [1.807, 2.05) is 0 Å². The Labute approximate surface area is 88.7 Å². The van der Waals surface area contributed by atoms with Crippen LogP contribution in [-0.4, -0.2) is 6.61 Å². The topological polar surface area (TPSA) is 9.23 Å². The molecule has 0 radical (unpaired) electrons. The van der Waals surface area contributed by atoms with E-state index in [-0.39, 0.29) is 0 Å². The Morgan fingerprint density at radius 2 is 1.79 bits per heavy atom. The van der Waals surface area contributed by atoms with E-state index in [1.54, 1.807) is 0 Å².